The molecule has 0 amide bonds. The van der Waals surface area contributed by atoms with Crippen molar-refractivity contribution in [2.24, 2.45) is 0 Å². The van der Waals surface area contributed by atoms with Crippen LogP contribution in [-0.4, -0.2) is 0 Å². The van der Waals surface area contributed by atoms with Gasteiger partial charge in [-0.15, -0.1) is 11.3 Å². The molecule has 1 N–H and O–H groups in total. The van der Waals surface area contributed by atoms with Crippen molar-refractivity contribution < 1.29 is 0 Å². The molecule has 1 aliphatic carbocycles. The van der Waals surface area contributed by atoms with Crippen LogP contribution in [0.4, 0.5) is 22.7 Å². The largest absolute Gasteiger partial charge is 0.356 e. The fourth-order valence-electron chi connectivity index (χ4n) is 7.21. The Bertz CT molecular complexity index is 2750. The van der Waals surface area contributed by atoms with Crippen LogP contribution in [0.1, 0.15) is 6.42 Å². The Morgan fingerprint density at radius 2 is 1.15 bits per heavy atom. The van der Waals surface area contributed by atoms with Gasteiger partial charge in [0, 0.05) is 42.9 Å². The molecule has 7 aromatic carbocycles. The normalized spacial score (nSPS) is 15.8. The molecule has 258 valence electrons. The number of benzene rings is 7. The van der Waals surface area contributed by atoms with E-state index in [1.165, 1.54) is 42.1 Å². The van der Waals surface area contributed by atoms with Gasteiger partial charge in [-0.3, -0.25) is 0 Å². The summed E-state index contributed by atoms with van der Waals surface area (Å²) in [5, 5.41) is 8.69. The van der Waals surface area contributed by atoms with Gasteiger partial charge in [0.15, 0.2) is 0 Å². The molecule has 1 aliphatic rings. The van der Waals surface area contributed by atoms with Crippen LogP contribution in [0.25, 0.3) is 53.2 Å². The van der Waals surface area contributed by atoms with Crippen LogP contribution < -0.4 is 10.2 Å². The summed E-state index contributed by atoms with van der Waals surface area (Å²) in [5.74, 6) is 0. The Hall–Kier alpha value is -6.68. The minimum Gasteiger partial charge on any atom is -0.356 e. The molecule has 8 aromatic rings. The van der Waals surface area contributed by atoms with Gasteiger partial charge in [0.2, 0.25) is 0 Å². The lowest BCUT2D eigenvalue weighted by Gasteiger charge is -2.29. The van der Waals surface area contributed by atoms with Gasteiger partial charge in [0.05, 0.1) is 5.70 Å². The Morgan fingerprint density at radius 1 is 0.519 bits per heavy atom. The third kappa shape index (κ3) is 6.69. The average Bonchev–Trinajstić information content (AvgIpc) is 3.61. The molecular weight excluding hydrogens is 673 g/mol. The average molecular weight is 711 g/mol. The predicted molar refractivity (Wildman–Crippen MR) is 235 cm³/mol. The van der Waals surface area contributed by atoms with Gasteiger partial charge in [-0.25, -0.2) is 0 Å². The molecule has 0 aliphatic heterocycles. The molecule has 0 saturated carbocycles. The summed E-state index contributed by atoms with van der Waals surface area (Å²) in [5.41, 5.74) is 11.0. The van der Waals surface area contributed by atoms with Crippen molar-refractivity contribution in [2.45, 2.75) is 6.42 Å². The van der Waals surface area contributed by atoms with E-state index in [1.54, 1.807) is 0 Å². The van der Waals surface area contributed by atoms with E-state index in [2.05, 4.69) is 211 Å². The maximum Gasteiger partial charge on any atom is 0.0527 e. The van der Waals surface area contributed by atoms with Gasteiger partial charge < -0.3 is 10.2 Å². The Labute approximate surface area is 320 Å². The van der Waals surface area contributed by atoms with Crippen LogP contribution in [-0.2, 0) is 0 Å². The SMILES string of the molecule is C=C1/C=C\C=C/C/C=C\C=C/1N(c1ccc(-c2ccc(Nc3ccc(-c4ccccc4)cc3)cc2)cc1)c1ccc2sc3c4ccccc4ccc3c2c1. The molecular formula is C51H38N2S. The summed E-state index contributed by atoms with van der Waals surface area (Å²) in [6.45, 7) is 4.53. The molecule has 0 spiro atoms. The van der Waals surface area contributed by atoms with Gasteiger partial charge in [-0.2, -0.15) is 0 Å². The van der Waals surface area contributed by atoms with Gasteiger partial charge in [0.25, 0.3) is 0 Å². The summed E-state index contributed by atoms with van der Waals surface area (Å²) in [6, 6.07) is 56.6. The van der Waals surface area contributed by atoms with Crippen molar-refractivity contribution in [3.05, 3.63) is 218 Å². The Morgan fingerprint density at radius 3 is 1.89 bits per heavy atom. The van der Waals surface area contributed by atoms with Gasteiger partial charge in [-0.05, 0) is 106 Å². The highest BCUT2D eigenvalue weighted by Crippen LogP contribution is 2.42. The first kappa shape index (κ1) is 33.2. The highest BCUT2D eigenvalue weighted by atomic mass is 32.1. The van der Waals surface area contributed by atoms with Crippen molar-refractivity contribution in [2.75, 3.05) is 10.2 Å². The number of allylic oxidation sites excluding steroid dienone is 7. The summed E-state index contributed by atoms with van der Waals surface area (Å²) >= 11 is 1.87. The quantitative estimate of drug-likeness (QED) is 0.177. The summed E-state index contributed by atoms with van der Waals surface area (Å²) in [7, 11) is 0. The van der Waals surface area contributed by atoms with E-state index in [0.717, 1.165) is 51.6 Å². The van der Waals surface area contributed by atoms with Crippen molar-refractivity contribution >= 4 is 65.0 Å². The highest BCUT2D eigenvalue weighted by Gasteiger charge is 2.19. The zero-order valence-electron chi connectivity index (χ0n) is 29.8. The smallest absolute Gasteiger partial charge is 0.0527 e. The van der Waals surface area contributed by atoms with Crippen molar-refractivity contribution in [1.29, 1.82) is 0 Å². The first-order valence-electron chi connectivity index (χ1n) is 18.3. The van der Waals surface area contributed by atoms with Crippen LogP contribution >= 0.6 is 11.3 Å². The lowest BCUT2D eigenvalue weighted by atomic mass is 10.0. The second kappa shape index (κ2) is 14.7. The molecule has 1 aromatic heterocycles. The molecule has 3 heteroatoms. The molecule has 0 unspecified atom stereocenters. The number of rotatable bonds is 7. The zero-order valence-corrected chi connectivity index (χ0v) is 30.6. The van der Waals surface area contributed by atoms with E-state index < -0.39 is 0 Å². The first-order chi connectivity index (χ1) is 26.7. The van der Waals surface area contributed by atoms with E-state index in [9.17, 15) is 0 Å². The minimum atomic E-state index is 0.880. The summed E-state index contributed by atoms with van der Waals surface area (Å²) in [4.78, 5) is 2.34. The molecule has 0 radical (unpaired) electrons. The molecule has 1 heterocycles. The molecule has 0 atom stereocenters. The van der Waals surface area contributed by atoms with E-state index in [-0.39, 0.29) is 0 Å². The lowest BCUT2D eigenvalue weighted by molar-refractivity contribution is 1.19. The van der Waals surface area contributed by atoms with Crippen LogP contribution in [0.5, 0.6) is 0 Å². The molecule has 9 rings (SSSR count). The third-order valence-electron chi connectivity index (χ3n) is 10.0. The Kier molecular flexibility index (Phi) is 9.06. The Balaban J connectivity index is 1.04. The van der Waals surface area contributed by atoms with Gasteiger partial charge >= 0.3 is 0 Å². The first-order valence-corrected chi connectivity index (χ1v) is 19.2. The third-order valence-corrected chi connectivity index (χ3v) is 11.2. The summed E-state index contributed by atoms with van der Waals surface area (Å²) < 4.78 is 2.62. The number of thiophene rings is 1. The zero-order chi connectivity index (χ0) is 36.3. The van der Waals surface area contributed by atoms with Crippen molar-refractivity contribution in [1.82, 2.24) is 0 Å². The van der Waals surface area contributed by atoms with Gasteiger partial charge in [-0.1, -0.05) is 146 Å². The number of anilines is 4. The maximum absolute atomic E-state index is 4.53. The van der Waals surface area contributed by atoms with Crippen molar-refractivity contribution in [3.63, 3.8) is 0 Å². The molecule has 0 fully saturated rings. The van der Waals surface area contributed by atoms with E-state index in [4.69, 9.17) is 0 Å². The van der Waals surface area contributed by atoms with Crippen LogP contribution in [0, 0.1) is 0 Å². The van der Waals surface area contributed by atoms with E-state index in [1.807, 2.05) is 17.4 Å². The molecule has 0 saturated heterocycles. The number of hydrogen-bond acceptors (Lipinski definition) is 3. The standard InChI is InChI=1S/C51H38N2S/c1-36-13-7-4-2-3-5-10-18-49(36)53(45-32-34-50-48(35-45)47-33-25-41-16-11-12-17-46(41)51(47)54-50)44-30-23-40(24-31-44)39-21-28-43(29-22-39)52-42-26-19-38(20-27-42)37-14-8-6-9-15-37/h2,4-35,52H,1,3H2/b4-2-,10-5-,13-7-,49-18+. The predicted octanol–water partition coefficient (Wildman–Crippen LogP) is 14.9. The lowest BCUT2D eigenvalue weighted by Crippen LogP contribution is -2.17. The number of nitrogens with one attached hydrogen (secondary N) is 1. The second-order valence-electron chi connectivity index (χ2n) is 13.5. The monoisotopic (exact) mass is 710 g/mol. The van der Waals surface area contributed by atoms with Gasteiger partial charge in [0.1, 0.15) is 0 Å². The molecule has 54 heavy (non-hydrogen) atoms. The number of nitrogens with zero attached hydrogens (tertiary/aromatic N) is 1. The van der Waals surface area contributed by atoms with Crippen LogP contribution in [0.2, 0.25) is 0 Å². The number of fused-ring (bicyclic) bond motifs is 5. The highest BCUT2D eigenvalue weighted by molar-refractivity contribution is 7.26. The second-order valence-corrected chi connectivity index (χ2v) is 14.6. The maximum atomic E-state index is 4.53. The molecule has 0 bridgehead atoms. The number of hydrogen-bond donors (Lipinski definition) is 1. The van der Waals surface area contributed by atoms with E-state index in [0.29, 0.717) is 0 Å². The van der Waals surface area contributed by atoms with E-state index >= 15 is 0 Å². The minimum absolute atomic E-state index is 0.880. The van der Waals surface area contributed by atoms with Crippen LogP contribution in [0.15, 0.2) is 218 Å². The van der Waals surface area contributed by atoms with Crippen LogP contribution in [0.3, 0.4) is 0 Å². The fourth-order valence-corrected chi connectivity index (χ4v) is 8.43. The topological polar surface area (TPSA) is 15.3 Å². The molecule has 2 nitrogen and oxygen atoms in total. The van der Waals surface area contributed by atoms with Crippen molar-refractivity contribution in [3.8, 4) is 22.3 Å². The summed E-state index contributed by atoms with van der Waals surface area (Å²) in [6.07, 6.45) is 15.8. The fraction of sp³-hybridized carbons (Fsp3) is 0.0196.